The molecule has 0 atom stereocenters. The van der Waals surface area contributed by atoms with Gasteiger partial charge in [-0.3, -0.25) is 0 Å². The fraction of sp³-hybridized carbons (Fsp3) is 0.176. The Balaban J connectivity index is 1.56. The summed E-state index contributed by atoms with van der Waals surface area (Å²) >= 11 is 7.28. The van der Waals surface area contributed by atoms with Crippen LogP contribution >= 0.6 is 23.4 Å². The van der Waals surface area contributed by atoms with Gasteiger partial charge in [0.25, 0.3) is 0 Å². The molecule has 0 saturated heterocycles. The van der Waals surface area contributed by atoms with E-state index in [0.717, 1.165) is 0 Å². The molecule has 0 unspecified atom stereocenters. The van der Waals surface area contributed by atoms with Gasteiger partial charge in [-0.1, -0.05) is 29.4 Å². The van der Waals surface area contributed by atoms with E-state index >= 15 is 0 Å². The van der Waals surface area contributed by atoms with Gasteiger partial charge >= 0.3 is 6.61 Å². The number of nitrogens with two attached hydrogens (primary N) is 1. The highest BCUT2D eigenvalue weighted by atomic mass is 35.5. The Labute approximate surface area is 163 Å². The standard InChI is InChI=1S/C17H15ClF2N4O2S/c18-12-2-1-3-14(10-12)25-8-9-27-17-23-22-15(24(17)21)11-4-6-13(7-5-11)26-16(19)20/h1-7,10,16H,8-9,21H2. The van der Waals surface area contributed by atoms with Crippen molar-refractivity contribution in [2.45, 2.75) is 11.8 Å². The van der Waals surface area contributed by atoms with Gasteiger partial charge in [-0.2, -0.15) is 8.78 Å². The van der Waals surface area contributed by atoms with Gasteiger partial charge < -0.3 is 15.3 Å². The summed E-state index contributed by atoms with van der Waals surface area (Å²) in [6.07, 6.45) is 0. The molecule has 0 fully saturated rings. The Morgan fingerprint density at radius 2 is 1.89 bits per heavy atom. The molecule has 2 N–H and O–H groups in total. The molecule has 0 amide bonds. The van der Waals surface area contributed by atoms with Crippen molar-refractivity contribution in [2.24, 2.45) is 0 Å². The minimum absolute atomic E-state index is 0.0598. The van der Waals surface area contributed by atoms with Crippen molar-refractivity contribution in [2.75, 3.05) is 18.2 Å². The average Bonchev–Trinajstić information content (AvgIpc) is 3.00. The summed E-state index contributed by atoms with van der Waals surface area (Å²) in [4.78, 5) is 0. The molecule has 0 saturated carbocycles. The van der Waals surface area contributed by atoms with E-state index in [1.54, 1.807) is 24.3 Å². The summed E-state index contributed by atoms with van der Waals surface area (Å²) in [6.45, 7) is -2.43. The van der Waals surface area contributed by atoms with E-state index in [1.807, 2.05) is 12.1 Å². The molecule has 0 spiro atoms. The number of aromatic nitrogens is 3. The second kappa shape index (κ2) is 8.92. The largest absolute Gasteiger partial charge is 0.493 e. The van der Waals surface area contributed by atoms with Gasteiger partial charge in [-0.25, -0.2) is 4.68 Å². The number of hydrogen-bond donors (Lipinski definition) is 1. The predicted molar refractivity (Wildman–Crippen MR) is 99.9 cm³/mol. The van der Waals surface area contributed by atoms with E-state index < -0.39 is 6.61 Å². The lowest BCUT2D eigenvalue weighted by molar-refractivity contribution is -0.0498. The van der Waals surface area contributed by atoms with Crippen molar-refractivity contribution in [3.8, 4) is 22.9 Å². The smallest absolute Gasteiger partial charge is 0.387 e. The monoisotopic (exact) mass is 412 g/mol. The minimum atomic E-state index is -2.87. The molecule has 2 aromatic carbocycles. The summed E-state index contributed by atoms with van der Waals surface area (Å²) in [5.41, 5.74) is 0.633. The van der Waals surface area contributed by atoms with Crippen molar-refractivity contribution >= 4 is 23.4 Å². The summed E-state index contributed by atoms with van der Waals surface area (Å²) in [6, 6.07) is 13.1. The number of halogens is 3. The number of ether oxygens (including phenoxy) is 2. The topological polar surface area (TPSA) is 75.2 Å². The number of thioether (sulfide) groups is 1. The van der Waals surface area contributed by atoms with Crippen LogP contribution in [-0.4, -0.2) is 33.8 Å². The summed E-state index contributed by atoms with van der Waals surface area (Å²) in [5.74, 6) is 7.79. The Morgan fingerprint density at radius 1 is 1.11 bits per heavy atom. The summed E-state index contributed by atoms with van der Waals surface area (Å²) in [5, 5.41) is 9.20. The fourth-order valence-electron chi connectivity index (χ4n) is 2.21. The Bertz CT molecular complexity index is 893. The highest BCUT2D eigenvalue weighted by Gasteiger charge is 2.13. The third-order valence-corrected chi connectivity index (χ3v) is 4.52. The van der Waals surface area contributed by atoms with Crippen molar-refractivity contribution in [3.63, 3.8) is 0 Å². The number of nitrogens with zero attached hydrogens (tertiary/aromatic N) is 3. The van der Waals surface area contributed by atoms with Gasteiger partial charge in [0.15, 0.2) is 5.82 Å². The predicted octanol–water partition coefficient (Wildman–Crippen LogP) is 4.08. The zero-order valence-electron chi connectivity index (χ0n) is 13.9. The second-order valence-corrected chi connectivity index (χ2v) is 6.73. The van der Waals surface area contributed by atoms with Gasteiger partial charge in [0.05, 0.1) is 6.61 Å². The van der Waals surface area contributed by atoms with Crippen molar-refractivity contribution in [1.29, 1.82) is 0 Å². The zero-order valence-corrected chi connectivity index (χ0v) is 15.5. The first-order chi connectivity index (χ1) is 13.0. The van der Waals surface area contributed by atoms with Crippen LogP contribution in [0.1, 0.15) is 0 Å². The van der Waals surface area contributed by atoms with Crippen LogP contribution in [0.5, 0.6) is 11.5 Å². The number of benzene rings is 2. The molecule has 27 heavy (non-hydrogen) atoms. The van der Waals surface area contributed by atoms with Crippen molar-refractivity contribution in [1.82, 2.24) is 14.9 Å². The summed E-state index contributed by atoms with van der Waals surface area (Å²) in [7, 11) is 0. The molecule has 1 heterocycles. The van der Waals surface area contributed by atoms with Gasteiger partial charge in [0.1, 0.15) is 11.5 Å². The van der Waals surface area contributed by atoms with E-state index in [9.17, 15) is 8.78 Å². The number of alkyl halides is 2. The van der Waals surface area contributed by atoms with Crippen molar-refractivity contribution < 1.29 is 18.3 Å². The quantitative estimate of drug-likeness (QED) is 0.341. The Morgan fingerprint density at radius 3 is 2.59 bits per heavy atom. The molecule has 0 bridgehead atoms. The zero-order chi connectivity index (χ0) is 19.2. The van der Waals surface area contributed by atoms with E-state index in [-0.39, 0.29) is 5.75 Å². The molecule has 3 rings (SSSR count). The SMILES string of the molecule is Nn1c(SCCOc2cccc(Cl)c2)nnc1-c1ccc(OC(F)F)cc1. The molecule has 1 aromatic heterocycles. The first-order valence-electron chi connectivity index (χ1n) is 7.80. The maximum Gasteiger partial charge on any atom is 0.387 e. The average molecular weight is 413 g/mol. The molecular weight excluding hydrogens is 398 g/mol. The normalized spacial score (nSPS) is 11.0. The molecule has 10 heteroatoms. The molecule has 3 aromatic rings. The fourth-order valence-corrected chi connectivity index (χ4v) is 3.06. The summed E-state index contributed by atoms with van der Waals surface area (Å²) < 4.78 is 35.7. The van der Waals surface area contributed by atoms with Crippen LogP contribution in [0, 0.1) is 0 Å². The number of hydrogen-bond acceptors (Lipinski definition) is 6. The minimum Gasteiger partial charge on any atom is -0.493 e. The van der Waals surface area contributed by atoms with E-state index in [1.165, 1.54) is 28.6 Å². The van der Waals surface area contributed by atoms with Gasteiger partial charge in [0, 0.05) is 16.3 Å². The lowest BCUT2D eigenvalue weighted by Crippen LogP contribution is -2.12. The molecule has 0 aliphatic rings. The van der Waals surface area contributed by atoms with Crippen LogP contribution in [0.2, 0.25) is 5.02 Å². The highest BCUT2D eigenvalue weighted by Crippen LogP contribution is 2.24. The van der Waals surface area contributed by atoms with Crippen LogP contribution < -0.4 is 15.3 Å². The second-order valence-electron chi connectivity index (χ2n) is 5.23. The lowest BCUT2D eigenvalue weighted by atomic mass is 10.2. The van der Waals surface area contributed by atoms with Gasteiger partial charge in [0.2, 0.25) is 5.16 Å². The number of rotatable bonds is 8. The third-order valence-electron chi connectivity index (χ3n) is 3.38. The maximum atomic E-state index is 12.2. The molecule has 142 valence electrons. The lowest BCUT2D eigenvalue weighted by Gasteiger charge is -2.07. The maximum absolute atomic E-state index is 12.2. The molecular formula is C17H15ClF2N4O2S. The van der Waals surface area contributed by atoms with Crippen molar-refractivity contribution in [3.05, 3.63) is 53.6 Å². The van der Waals surface area contributed by atoms with E-state index in [2.05, 4.69) is 14.9 Å². The molecule has 0 aliphatic heterocycles. The Hall–Kier alpha value is -2.52. The Kier molecular flexibility index (Phi) is 6.36. The molecule has 0 radical (unpaired) electrons. The van der Waals surface area contributed by atoms with E-state index in [4.69, 9.17) is 22.2 Å². The van der Waals surface area contributed by atoms with Gasteiger partial charge in [-0.15, -0.1) is 10.2 Å². The van der Waals surface area contributed by atoms with Crippen LogP contribution in [0.25, 0.3) is 11.4 Å². The van der Waals surface area contributed by atoms with Gasteiger partial charge in [-0.05, 0) is 42.5 Å². The molecule has 6 nitrogen and oxygen atoms in total. The molecule has 0 aliphatic carbocycles. The third kappa shape index (κ3) is 5.24. The van der Waals surface area contributed by atoms with Crippen LogP contribution in [-0.2, 0) is 0 Å². The first-order valence-corrected chi connectivity index (χ1v) is 9.16. The van der Waals surface area contributed by atoms with Crippen LogP contribution in [0.15, 0.2) is 53.7 Å². The van der Waals surface area contributed by atoms with Crippen LogP contribution in [0.4, 0.5) is 8.78 Å². The van der Waals surface area contributed by atoms with E-state index in [0.29, 0.717) is 39.7 Å². The first kappa shape index (κ1) is 19.2. The highest BCUT2D eigenvalue weighted by molar-refractivity contribution is 7.99. The van der Waals surface area contributed by atoms with Crippen LogP contribution in [0.3, 0.4) is 0 Å². The number of nitrogen functional groups attached to an aromatic ring is 1.